The van der Waals surface area contributed by atoms with E-state index in [9.17, 15) is 9.18 Å². The molecule has 0 aromatic heterocycles. The van der Waals surface area contributed by atoms with Gasteiger partial charge in [-0.05, 0) is 25.7 Å². The zero-order valence-electron chi connectivity index (χ0n) is 8.72. The molecule has 2 aliphatic heterocycles. The Morgan fingerprint density at radius 3 is 2.29 bits per heavy atom. The standard InChI is InChI=1S/C10H17FN2O/c1-10(2,11)9(14)13-5-7-3-12-4-8(7)6-13/h7-8,12H,3-6H2,1-2H3/t7-,8+. The van der Waals surface area contributed by atoms with E-state index in [-0.39, 0.29) is 5.91 Å². The van der Waals surface area contributed by atoms with E-state index in [2.05, 4.69) is 5.32 Å². The molecule has 2 saturated heterocycles. The van der Waals surface area contributed by atoms with Crippen molar-refractivity contribution in [3.05, 3.63) is 0 Å². The highest BCUT2D eigenvalue weighted by molar-refractivity contribution is 5.84. The molecule has 0 aliphatic carbocycles. The highest BCUT2D eigenvalue weighted by Crippen LogP contribution is 2.28. The molecule has 0 saturated carbocycles. The highest BCUT2D eigenvalue weighted by Gasteiger charge is 2.42. The number of fused-ring (bicyclic) bond motifs is 1. The van der Waals surface area contributed by atoms with Crippen molar-refractivity contribution >= 4 is 5.91 Å². The summed E-state index contributed by atoms with van der Waals surface area (Å²) in [5.41, 5.74) is -1.72. The van der Waals surface area contributed by atoms with Gasteiger partial charge in [-0.2, -0.15) is 0 Å². The normalized spacial score (nSPS) is 32.1. The van der Waals surface area contributed by atoms with E-state index in [0.29, 0.717) is 11.8 Å². The van der Waals surface area contributed by atoms with Gasteiger partial charge in [0.15, 0.2) is 5.67 Å². The molecule has 0 aromatic rings. The zero-order chi connectivity index (χ0) is 10.3. The van der Waals surface area contributed by atoms with Crippen molar-refractivity contribution in [2.75, 3.05) is 26.2 Å². The van der Waals surface area contributed by atoms with Crippen LogP contribution in [0, 0.1) is 11.8 Å². The molecule has 0 spiro atoms. The summed E-state index contributed by atoms with van der Waals surface area (Å²) in [6.45, 7) is 6.07. The second-order valence-electron chi connectivity index (χ2n) is 4.86. The van der Waals surface area contributed by atoms with Crippen molar-refractivity contribution in [3.63, 3.8) is 0 Å². The Balaban J connectivity index is 1.99. The smallest absolute Gasteiger partial charge is 0.259 e. The Morgan fingerprint density at radius 1 is 1.36 bits per heavy atom. The first-order valence-electron chi connectivity index (χ1n) is 5.17. The van der Waals surface area contributed by atoms with Gasteiger partial charge in [0.25, 0.3) is 5.91 Å². The third-order valence-electron chi connectivity index (χ3n) is 3.19. The van der Waals surface area contributed by atoms with E-state index in [1.165, 1.54) is 13.8 Å². The number of carbonyl (C=O) groups excluding carboxylic acids is 1. The van der Waals surface area contributed by atoms with Crippen molar-refractivity contribution < 1.29 is 9.18 Å². The molecule has 80 valence electrons. The maximum atomic E-state index is 13.4. The predicted molar refractivity (Wildman–Crippen MR) is 51.6 cm³/mol. The van der Waals surface area contributed by atoms with E-state index >= 15 is 0 Å². The van der Waals surface area contributed by atoms with Crippen LogP contribution in [-0.4, -0.2) is 42.7 Å². The number of nitrogens with zero attached hydrogens (tertiary/aromatic N) is 1. The average Bonchev–Trinajstić information content (AvgIpc) is 2.58. The number of halogens is 1. The molecule has 0 unspecified atom stereocenters. The van der Waals surface area contributed by atoms with E-state index in [4.69, 9.17) is 0 Å². The lowest BCUT2D eigenvalue weighted by Gasteiger charge is -2.23. The molecular weight excluding hydrogens is 183 g/mol. The number of likely N-dealkylation sites (tertiary alicyclic amines) is 1. The maximum absolute atomic E-state index is 13.4. The largest absolute Gasteiger partial charge is 0.339 e. The molecule has 3 nitrogen and oxygen atoms in total. The van der Waals surface area contributed by atoms with Crippen LogP contribution in [0.2, 0.25) is 0 Å². The number of amides is 1. The van der Waals surface area contributed by atoms with E-state index in [1.807, 2.05) is 0 Å². The van der Waals surface area contributed by atoms with Crippen LogP contribution in [0.25, 0.3) is 0 Å². The van der Waals surface area contributed by atoms with Crippen LogP contribution in [0.1, 0.15) is 13.8 Å². The van der Waals surface area contributed by atoms with Crippen molar-refractivity contribution in [1.29, 1.82) is 0 Å². The van der Waals surface area contributed by atoms with Crippen LogP contribution in [0.3, 0.4) is 0 Å². The van der Waals surface area contributed by atoms with Gasteiger partial charge in [0.2, 0.25) is 0 Å². The van der Waals surface area contributed by atoms with Gasteiger partial charge in [0.05, 0.1) is 0 Å². The molecule has 0 bridgehead atoms. The lowest BCUT2D eigenvalue weighted by Crippen LogP contribution is -2.42. The van der Waals surface area contributed by atoms with Crippen molar-refractivity contribution in [3.8, 4) is 0 Å². The Morgan fingerprint density at radius 2 is 1.86 bits per heavy atom. The van der Waals surface area contributed by atoms with Crippen LogP contribution < -0.4 is 5.32 Å². The molecule has 4 heteroatoms. The van der Waals surface area contributed by atoms with Crippen LogP contribution in [0.4, 0.5) is 4.39 Å². The van der Waals surface area contributed by atoms with Crippen LogP contribution >= 0.6 is 0 Å². The summed E-state index contributed by atoms with van der Waals surface area (Å²) >= 11 is 0. The van der Waals surface area contributed by atoms with E-state index in [1.54, 1.807) is 4.90 Å². The molecule has 1 N–H and O–H groups in total. The number of carbonyl (C=O) groups is 1. The second-order valence-corrected chi connectivity index (χ2v) is 4.86. The number of nitrogens with one attached hydrogen (secondary N) is 1. The number of hydrogen-bond acceptors (Lipinski definition) is 2. The fraction of sp³-hybridized carbons (Fsp3) is 0.900. The van der Waals surface area contributed by atoms with Crippen LogP contribution in [0.5, 0.6) is 0 Å². The van der Waals surface area contributed by atoms with Gasteiger partial charge in [-0.1, -0.05) is 0 Å². The SMILES string of the molecule is CC(C)(F)C(=O)N1C[C@H]2CNC[C@H]2C1. The molecule has 2 heterocycles. The number of alkyl halides is 1. The van der Waals surface area contributed by atoms with E-state index in [0.717, 1.165) is 26.2 Å². The molecule has 2 rings (SSSR count). The average molecular weight is 200 g/mol. The van der Waals surface area contributed by atoms with Gasteiger partial charge in [0, 0.05) is 26.2 Å². The fourth-order valence-corrected chi connectivity index (χ4v) is 2.40. The minimum absolute atomic E-state index is 0.355. The van der Waals surface area contributed by atoms with Gasteiger partial charge >= 0.3 is 0 Å². The summed E-state index contributed by atoms with van der Waals surface area (Å²) in [7, 11) is 0. The third kappa shape index (κ3) is 1.63. The van der Waals surface area contributed by atoms with Gasteiger partial charge in [-0.3, -0.25) is 4.79 Å². The lowest BCUT2D eigenvalue weighted by molar-refractivity contribution is -0.141. The summed E-state index contributed by atoms with van der Waals surface area (Å²) in [4.78, 5) is 13.3. The molecule has 0 radical (unpaired) electrons. The summed E-state index contributed by atoms with van der Waals surface area (Å²) in [5, 5.41) is 3.29. The fourth-order valence-electron chi connectivity index (χ4n) is 2.40. The quantitative estimate of drug-likeness (QED) is 0.665. The molecule has 14 heavy (non-hydrogen) atoms. The summed E-state index contributed by atoms with van der Waals surface area (Å²) in [6.07, 6.45) is 0. The Hall–Kier alpha value is -0.640. The Labute approximate surface area is 83.6 Å². The van der Waals surface area contributed by atoms with Gasteiger partial charge < -0.3 is 10.2 Å². The van der Waals surface area contributed by atoms with Crippen LogP contribution in [0.15, 0.2) is 0 Å². The molecule has 2 aliphatic rings. The third-order valence-corrected chi connectivity index (χ3v) is 3.19. The Kier molecular flexibility index (Phi) is 2.26. The first-order valence-corrected chi connectivity index (χ1v) is 5.17. The van der Waals surface area contributed by atoms with Gasteiger partial charge in [-0.15, -0.1) is 0 Å². The summed E-state index contributed by atoms with van der Waals surface area (Å²) < 4.78 is 13.4. The number of rotatable bonds is 1. The van der Waals surface area contributed by atoms with Gasteiger partial charge in [0.1, 0.15) is 0 Å². The van der Waals surface area contributed by atoms with Crippen molar-refractivity contribution in [2.45, 2.75) is 19.5 Å². The first-order chi connectivity index (χ1) is 6.48. The summed E-state index contributed by atoms with van der Waals surface area (Å²) in [6, 6.07) is 0. The van der Waals surface area contributed by atoms with Gasteiger partial charge in [-0.25, -0.2) is 4.39 Å². The predicted octanol–water partition coefficient (Wildman–Crippen LogP) is 0.412. The molecule has 1 amide bonds. The van der Waals surface area contributed by atoms with Crippen LogP contribution in [-0.2, 0) is 4.79 Å². The van der Waals surface area contributed by atoms with E-state index < -0.39 is 5.67 Å². The highest BCUT2D eigenvalue weighted by atomic mass is 19.1. The Bertz CT molecular complexity index is 237. The first kappa shape index (κ1) is 9.90. The minimum atomic E-state index is -1.72. The molecular formula is C10H17FN2O. The lowest BCUT2D eigenvalue weighted by atomic mass is 10.0. The molecule has 0 aromatic carbocycles. The second kappa shape index (κ2) is 3.19. The summed E-state index contributed by atoms with van der Waals surface area (Å²) in [5.74, 6) is 0.731. The monoisotopic (exact) mass is 200 g/mol. The van der Waals surface area contributed by atoms with Crippen molar-refractivity contribution in [2.24, 2.45) is 11.8 Å². The topological polar surface area (TPSA) is 32.3 Å². The zero-order valence-corrected chi connectivity index (χ0v) is 8.72. The molecule has 2 fully saturated rings. The minimum Gasteiger partial charge on any atom is -0.339 e. The maximum Gasteiger partial charge on any atom is 0.259 e. The molecule has 2 atom stereocenters. The van der Waals surface area contributed by atoms with Crippen molar-refractivity contribution in [1.82, 2.24) is 10.2 Å². The number of hydrogen-bond donors (Lipinski definition) is 1.